The van der Waals surface area contributed by atoms with Gasteiger partial charge >= 0.3 is 0 Å². The number of allylic oxidation sites excluding steroid dienone is 1. The number of benzene rings is 2. The third-order valence-corrected chi connectivity index (χ3v) is 12.9. The maximum Gasteiger partial charge on any atom is 0.264 e. The number of ether oxygens (including phenoxy) is 1. The van der Waals surface area contributed by atoms with E-state index in [1.165, 1.54) is 23.0 Å². The van der Waals surface area contributed by atoms with Crippen LogP contribution in [0.15, 0.2) is 48.6 Å². The highest BCUT2D eigenvalue weighted by Crippen LogP contribution is 2.47. The SMILES string of the molecule is CC(=O)N1C[C@@H]2C/C=C\[C@H](O)[C@@H]3CC[C@H]3CN3C[C@@]4(CCCc5cc(Cl)ccc54)COc4ccc(cc43)C(=O)NS(=O)(=O)[C@H]2C1. The summed E-state index contributed by atoms with van der Waals surface area (Å²) < 4.78 is 36.1. The molecule has 6 atom stereocenters. The van der Waals surface area contributed by atoms with Gasteiger partial charge in [0.2, 0.25) is 15.9 Å². The van der Waals surface area contributed by atoms with E-state index in [0.717, 1.165) is 42.8 Å². The van der Waals surface area contributed by atoms with Gasteiger partial charge in [-0.3, -0.25) is 9.59 Å². The monoisotopic (exact) mass is 653 g/mol. The summed E-state index contributed by atoms with van der Waals surface area (Å²) in [6.07, 6.45) is 8.16. The second kappa shape index (κ2) is 11.6. The Morgan fingerprint density at radius 3 is 2.73 bits per heavy atom. The Morgan fingerprint density at radius 2 is 1.96 bits per heavy atom. The zero-order chi connectivity index (χ0) is 31.5. The van der Waals surface area contributed by atoms with Gasteiger partial charge in [0.05, 0.1) is 18.4 Å². The van der Waals surface area contributed by atoms with Gasteiger partial charge in [-0.15, -0.1) is 0 Å². The molecule has 3 heterocycles. The van der Waals surface area contributed by atoms with Gasteiger partial charge in [-0.25, -0.2) is 13.1 Å². The third-order valence-electron chi connectivity index (χ3n) is 10.9. The number of carbonyl (C=O) groups is 2. The summed E-state index contributed by atoms with van der Waals surface area (Å²) in [6.45, 7) is 3.54. The van der Waals surface area contributed by atoms with Crippen LogP contribution in [0.1, 0.15) is 60.5 Å². The van der Waals surface area contributed by atoms with Crippen LogP contribution in [-0.2, 0) is 26.7 Å². The van der Waals surface area contributed by atoms with Crippen molar-refractivity contribution in [3.8, 4) is 5.75 Å². The minimum atomic E-state index is -4.12. The van der Waals surface area contributed by atoms with Crippen LogP contribution in [0.25, 0.3) is 0 Å². The van der Waals surface area contributed by atoms with Crippen molar-refractivity contribution in [3.63, 3.8) is 0 Å². The maximum atomic E-state index is 13.6. The number of likely N-dealkylation sites (tertiary alicyclic amines) is 1. The average molecular weight is 654 g/mol. The minimum Gasteiger partial charge on any atom is -0.490 e. The predicted octanol–water partition coefficient (Wildman–Crippen LogP) is 4.07. The van der Waals surface area contributed by atoms with Crippen LogP contribution in [0.2, 0.25) is 5.02 Å². The van der Waals surface area contributed by atoms with Crippen molar-refractivity contribution < 1.29 is 27.9 Å². The Balaban J connectivity index is 1.28. The molecule has 9 nitrogen and oxygen atoms in total. The number of aryl methyl sites for hydroxylation is 1. The van der Waals surface area contributed by atoms with Gasteiger partial charge in [0.25, 0.3) is 5.91 Å². The van der Waals surface area contributed by atoms with Gasteiger partial charge in [-0.05, 0) is 91.8 Å². The molecule has 11 heteroatoms. The Morgan fingerprint density at radius 1 is 1.11 bits per heavy atom. The summed E-state index contributed by atoms with van der Waals surface area (Å²) in [5.74, 6) is -0.346. The molecule has 2 aromatic carbocycles. The number of nitrogens with one attached hydrogen (secondary N) is 1. The molecule has 1 spiro atoms. The fourth-order valence-electron chi connectivity index (χ4n) is 8.29. The highest BCUT2D eigenvalue weighted by Gasteiger charge is 2.45. The van der Waals surface area contributed by atoms with Gasteiger partial charge in [0, 0.05) is 55.0 Å². The number of halogens is 1. The summed E-state index contributed by atoms with van der Waals surface area (Å²) in [7, 11) is -4.12. The molecule has 0 unspecified atom stereocenters. The van der Waals surface area contributed by atoms with Crippen LogP contribution >= 0.6 is 11.6 Å². The fraction of sp³-hybridized carbons (Fsp3) is 0.529. The predicted molar refractivity (Wildman–Crippen MR) is 172 cm³/mol. The number of anilines is 1. The molecule has 7 rings (SSSR count). The largest absolute Gasteiger partial charge is 0.490 e. The molecule has 2 fully saturated rings. The zero-order valence-corrected chi connectivity index (χ0v) is 27.0. The number of amides is 2. The summed E-state index contributed by atoms with van der Waals surface area (Å²) in [5.41, 5.74) is 3.16. The Bertz CT molecular complexity index is 1660. The van der Waals surface area contributed by atoms with Gasteiger partial charge in [0.1, 0.15) is 11.0 Å². The molecular weight excluding hydrogens is 614 g/mol. The first kappa shape index (κ1) is 30.6. The first-order valence-electron chi connectivity index (χ1n) is 16.0. The molecule has 240 valence electrons. The molecule has 2 aliphatic carbocycles. The number of aliphatic hydroxyl groups excluding tert-OH is 1. The highest BCUT2D eigenvalue weighted by atomic mass is 35.5. The van der Waals surface area contributed by atoms with Gasteiger partial charge in [-0.2, -0.15) is 0 Å². The molecule has 0 radical (unpaired) electrons. The fourth-order valence-corrected chi connectivity index (χ4v) is 10.1. The van der Waals surface area contributed by atoms with E-state index >= 15 is 0 Å². The number of hydrogen-bond donors (Lipinski definition) is 2. The van der Waals surface area contributed by atoms with Gasteiger partial charge < -0.3 is 19.6 Å². The van der Waals surface area contributed by atoms with Crippen molar-refractivity contribution in [1.29, 1.82) is 0 Å². The number of aliphatic hydroxyl groups is 1. The number of hydrogen-bond acceptors (Lipinski definition) is 7. The van der Waals surface area contributed by atoms with Gasteiger partial charge in [-0.1, -0.05) is 29.8 Å². The molecule has 45 heavy (non-hydrogen) atoms. The lowest BCUT2D eigenvalue weighted by Gasteiger charge is -2.45. The molecule has 2 amide bonds. The van der Waals surface area contributed by atoms with Crippen LogP contribution in [-0.4, -0.2) is 74.4 Å². The number of fused-ring (bicyclic) bond motifs is 5. The summed E-state index contributed by atoms with van der Waals surface area (Å²) in [4.78, 5) is 29.6. The number of carbonyl (C=O) groups excluding carboxylic acids is 2. The van der Waals surface area contributed by atoms with Crippen molar-refractivity contribution in [2.45, 2.75) is 62.2 Å². The molecule has 5 aliphatic rings. The molecular formula is C34H40ClN3O6S. The second-order valence-corrected chi connectivity index (χ2v) is 16.0. The maximum absolute atomic E-state index is 13.6. The van der Waals surface area contributed by atoms with E-state index in [4.69, 9.17) is 16.3 Å². The molecule has 2 bridgehead atoms. The molecule has 2 aromatic rings. The number of rotatable bonds is 0. The van der Waals surface area contributed by atoms with Crippen LogP contribution in [0.4, 0.5) is 5.69 Å². The number of sulfonamides is 1. The highest BCUT2D eigenvalue weighted by molar-refractivity contribution is 7.90. The Kier molecular flexibility index (Phi) is 7.89. The zero-order valence-electron chi connectivity index (χ0n) is 25.5. The normalized spacial score (nSPS) is 33.0. The van der Waals surface area contributed by atoms with Crippen molar-refractivity contribution in [2.24, 2.45) is 17.8 Å². The average Bonchev–Trinajstić information content (AvgIpc) is 3.36. The van der Waals surface area contributed by atoms with Crippen molar-refractivity contribution >= 4 is 39.1 Å². The topological polar surface area (TPSA) is 116 Å². The van der Waals surface area contributed by atoms with E-state index in [-0.39, 0.29) is 41.8 Å². The van der Waals surface area contributed by atoms with Crippen LogP contribution in [0.5, 0.6) is 5.75 Å². The molecule has 3 aliphatic heterocycles. The molecule has 2 N–H and O–H groups in total. The first-order valence-corrected chi connectivity index (χ1v) is 17.9. The lowest BCUT2D eigenvalue weighted by molar-refractivity contribution is -0.127. The Labute approximate surface area is 269 Å². The third kappa shape index (κ3) is 5.63. The van der Waals surface area contributed by atoms with Crippen LogP contribution < -0.4 is 14.4 Å². The van der Waals surface area contributed by atoms with Crippen molar-refractivity contribution in [2.75, 3.05) is 37.7 Å². The van der Waals surface area contributed by atoms with Crippen LogP contribution in [0, 0.1) is 17.8 Å². The molecule has 1 saturated heterocycles. The van der Waals surface area contributed by atoms with Crippen molar-refractivity contribution in [1.82, 2.24) is 9.62 Å². The van der Waals surface area contributed by atoms with Crippen LogP contribution in [0.3, 0.4) is 0 Å². The molecule has 0 aromatic heterocycles. The van der Waals surface area contributed by atoms with E-state index < -0.39 is 33.2 Å². The van der Waals surface area contributed by atoms with E-state index in [1.807, 2.05) is 12.1 Å². The van der Waals surface area contributed by atoms with E-state index in [9.17, 15) is 23.1 Å². The summed E-state index contributed by atoms with van der Waals surface area (Å²) >= 11 is 6.39. The first-order chi connectivity index (χ1) is 21.5. The minimum absolute atomic E-state index is 0.0181. The standard InChI is InChI=1S/C34H40ClN3O6S/c1-21(39)37-17-25-4-2-6-30(40)27-10-7-24(27)16-38-19-34(13-3-5-22-14-26(35)9-11-28(22)34)20-44-31-12-8-23(15-29(31)38)33(41)36-45(42,43)32(25)18-37/h2,6,8-9,11-12,14-15,24-25,27,30,32,40H,3-5,7,10,13,16-20H2,1H3,(H,36,41)/b6-2-/t24-,25-,27+,30-,32-,34-/m0/s1. The van der Waals surface area contributed by atoms with E-state index in [0.29, 0.717) is 31.9 Å². The molecule has 1 saturated carbocycles. The van der Waals surface area contributed by atoms with Crippen molar-refractivity contribution in [3.05, 3.63) is 70.3 Å². The smallest absolute Gasteiger partial charge is 0.264 e. The number of nitrogens with zero attached hydrogens (tertiary/aromatic N) is 2. The van der Waals surface area contributed by atoms with E-state index in [2.05, 4.69) is 21.8 Å². The lowest BCUT2D eigenvalue weighted by Crippen LogP contribution is -2.49. The Hall–Kier alpha value is -3.08. The quantitative estimate of drug-likeness (QED) is 0.412. The summed E-state index contributed by atoms with van der Waals surface area (Å²) in [6, 6.07) is 11.3. The summed E-state index contributed by atoms with van der Waals surface area (Å²) in [5, 5.41) is 11.0. The second-order valence-electron chi connectivity index (χ2n) is 13.6. The lowest BCUT2D eigenvalue weighted by atomic mass is 9.68. The van der Waals surface area contributed by atoms with Gasteiger partial charge in [0.15, 0.2) is 0 Å². The van der Waals surface area contributed by atoms with E-state index in [1.54, 1.807) is 24.3 Å².